The van der Waals surface area contributed by atoms with Crippen molar-refractivity contribution in [3.8, 4) is 0 Å². The van der Waals surface area contributed by atoms with Crippen LogP contribution < -0.4 is 0 Å². The maximum atomic E-state index is 12.8. The molecule has 18 heavy (non-hydrogen) atoms. The second-order valence-corrected chi connectivity index (χ2v) is 3.90. The number of aliphatic hydroxyl groups excluding tert-OH is 1. The van der Waals surface area contributed by atoms with Crippen molar-refractivity contribution in [3.63, 3.8) is 0 Å². The van der Waals surface area contributed by atoms with Gasteiger partial charge in [0, 0.05) is 0 Å². The lowest BCUT2D eigenvalue weighted by Gasteiger charge is -2.17. The molecular formula is C14H11F3O. The van der Waals surface area contributed by atoms with Crippen molar-refractivity contribution in [2.45, 2.75) is 12.3 Å². The second kappa shape index (κ2) is 4.82. The minimum absolute atomic E-state index is 0.129. The van der Waals surface area contributed by atoms with Crippen LogP contribution in [-0.4, -0.2) is 5.11 Å². The van der Waals surface area contributed by atoms with E-state index in [1.807, 2.05) is 0 Å². The molecule has 0 radical (unpaired) electrons. The lowest BCUT2D eigenvalue weighted by Crippen LogP contribution is -2.12. The van der Waals surface area contributed by atoms with E-state index in [9.17, 15) is 18.3 Å². The summed E-state index contributed by atoms with van der Waals surface area (Å²) in [6.07, 6.45) is -5.74. The monoisotopic (exact) mass is 252 g/mol. The molecule has 0 aromatic heterocycles. The van der Waals surface area contributed by atoms with Crippen molar-refractivity contribution in [2.24, 2.45) is 0 Å². The third-order valence-electron chi connectivity index (χ3n) is 2.68. The van der Waals surface area contributed by atoms with E-state index >= 15 is 0 Å². The number of hydrogen-bond donors (Lipinski definition) is 1. The molecule has 0 heterocycles. The van der Waals surface area contributed by atoms with Gasteiger partial charge in [-0.1, -0.05) is 48.5 Å². The molecule has 0 fully saturated rings. The van der Waals surface area contributed by atoms with Gasteiger partial charge in [0.2, 0.25) is 0 Å². The van der Waals surface area contributed by atoms with Gasteiger partial charge in [0.25, 0.3) is 0 Å². The van der Waals surface area contributed by atoms with Crippen LogP contribution in [0.1, 0.15) is 22.8 Å². The van der Waals surface area contributed by atoms with E-state index in [0.29, 0.717) is 5.56 Å². The Morgan fingerprint density at radius 3 is 2.00 bits per heavy atom. The third kappa shape index (κ3) is 2.54. The van der Waals surface area contributed by atoms with Crippen LogP contribution in [0, 0.1) is 0 Å². The highest BCUT2D eigenvalue weighted by Gasteiger charge is 2.34. The minimum atomic E-state index is -4.47. The summed E-state index contributed by atoms with van der Waals surface area (Å²) in [5, 5.41) is 10.0. The van der Waals surface area contributed by atoms with Crippen LogP contribution in [-0.2, 0) is 6.18 Å². The zero-order valence-electron chi connectivity index (χ0n) is 9.35. The Bertz CT molecular complexity index is 520. The predicted octanol–water partition coefficient (Wildman–Crippen LogP) is 3.79. The Morgan fingerprint density at radius 1 is 0.833 bits per heavy atom. The van der Waals surface area contributed by atoms with Crippen LogP contribution in [0.3, 0.4) is 0 Å². The Morgan fingerprint density at radius 2 is 1.39 bits per heavy atom. The molecule has 0 spiro atoms. The Labute approximate surface area is 103 Å². The van der Waals surface area contributed by atoms with Gasteiger partial charge in [-0.25, -0.2) is 0 Å². The van der Waals surface area contributed by atoms with Gasteiger partial charge in [0.1, 0.15) is 6.10 Å². The van der Waals surface area contributed by atoms with Crippen LogP contribution in [0.5, 0.6) is 0 Å². The number of rotatable bonds is 2. The van der Waals surface area contributed by atoms with E-state index < -0.39 is 17.8 Å². The molecule has 2 aromatic carbocycles. The van der Waals surface area contributed by atoms with Crippen LogP contribution in [0.4, 0.5) is 13.2 Å². The van der Waals surface area contributed by atoms with Gasteiger partial charge in [-0.3, -0.25) is 0 Å². The first-order chi connectivity index (χ1) is 8.50. The Kier molecular flexibility index (Phi) is 3.39. The van der Waals surface area contributed by atoms with Crippen LogP contribution in [0.2, 0.25) is 0 Å². The first-order valence-electron chi connectivity index (χ1n) is 5.39. The molecule has 94 valence electrons. The average Bonchev–Trinajstić information content (AvgIpc) is 2.38. The molecule has 0 aliphatic carbocycles. The number of alkyl halides is 3. The largest absolute Gasteiger partial charge is 0.416 e. The Hall–Kier alpha value is -1.81. The van der Waals surface area contributed by atoms with Gasteiger partial charge in [0.05, 0.1) is 5.56 Å². The number of aliphatic hydroxyl groups is 1. The fourth-order valence-electron chi connectivity index (χ4n) is 1.81. The summed E-state index contributed by atoms with van der Waals surface area (Å²) in [4.78, 5) is 0. The van der Waals surface area contributed by atoms with Crippen LogP contribution >= 0.6 is 0 Å². The molecule has 0 amide bonds. The Balaban J connectivity index is 2.46. The molecule has 0 aliphatic rings. The average molecular weight is 252 g/mol. The van der Waals surface area contributed by atoms with E-state index in [1.54, 1.807) is 30.3 Å². The van der Waals surface area contributed by atoms with E-state index in [-0.39, 0.29) is 5.56 Å². The van der Waals surface area contributed by atoms with E-state index in [4.69, 9.17) is 0 Å². The molecule has 0 bridgehead atoms. The van der Waals surface area contributed by atoms with Gasteiger partial charge in [0.15, 0.2) is 0 Å². The summed E-state index contributed by atoms with van der Waals surface area (Å²) < 4.78 is 38.4. The minimum Gasteiger partial charge on any atom is -0.384 e. The van der Waals surface area contributed by atoms with E-state index in [2.05, 4.69) is 0 Å². The SMILES string of the molecule is O[C@@H](c1ccccc1)c1ccccc1C(F)(F)F. The molecule has 0 unspecified atom stereocenters. The van der Waals surface area contributed by atoms with Crippen molar-refractivity contribution < 1.29 is 18.3 Å². The first kappa shape index (κ1) is 12.6. The fraction of sp³-hybridized carbons (Fsp3) is 0.143. The summed E-state index contributed by atoms with van der Waals surface area (Å²) in [5.74, 6) is 0. The number of benzene rings is 2. The molecule has 1 nitrogen and oxygen atoms in total. The normalized spacial score (nSPS) is 13.3. The molecule has 4 heteroatoms. The summed E-state index contributed by atoms with van der Waals surface area (Å²) >= 11 is 0. The summed E-state index contributed by atoms with van der Waals surface area (Å²) in [5.41, 5.74) is -0.494. The molecule has 1 N–H and O–H groups in total. The highest BCUT2D eigenvalue weighted by atomic mass is 19.4. The van der Waals surface area contributed by atoms with Gasteiger partial charge in [-0.2, -0.15) is 13.2 Å². The lowest BCUT2D eigenvalue weighted by molar-refractivity contribution is -0.139. The zero-order chi connectivity index (χ0) is 13.2. The van der Waals surface area contributed by atoms with Crippen molar-refractivity contribution in [1.29, 1.82) is 0 Å². The molecule has 2 rings (SSSR count). The lowest BCUT2D eigenvalue weighted by atomic mass is 9.96. The first-order valence-corrected chi connectivity index (χ1v) is 5.39. The van der Waals surface area contributed by atoms with Crippen molar-refractivity contribution in [2.75, 3.05) is 0 Å². The maximum Gasteiger partial charge on any atom is 0.416 e. The number of hydrogen-bond acceptors (Lipinski definition) is 1. The summed E-state index contributed by atoms with van der Waals surface area (Å²) in [7, 11) is 0. The van der Waals surface area contributed by atoms with Gasteiger partial charge >= 0.3 is 6.18 Å². The fourth-order valence-corrected chi connectivity index (χ4v) is 1.81. The van der Waals surface area contributed by atoms with Gasteiger partial charge in [-0.15, -0.1) is 0 Å². The van der Waals surface area contributed by atoms with Gasteiger partial charge in [-0.05, 0) is 17.2 Å². The van der Waals surface area contributed by atoms with Crippen molar-refractivity contribution in [3.05, 3.63) is 71.3 Å². The number of halogens is 3. The standard InChI is InChI=1S/C14H11F3O/c15-14(16,17)12-9-5-4-8-11(12)13(18)10-6-2-1-3-7-10/h1-9,13,18H/t13-/m0/s1. The van der Waals surface area contributed by atoms with E-state index in [0.717, 1.165) is 6.07 Å². The highest BCUT2D eigenvalue weighted by molar-refractivity contribution is 5.37. The third-order valence-corrected chi connectivity index (χ3v) is 2.68. The van der Waals surface area contributed by atoms with Crippen molar-refractivity contribution >= 4 is 0 Å². The predicted molar refractivity (Wildman–Crippen MR) is 61.9 cm³/mol. The van der Waals surface area contributed by atoms with Gasteiger partial charge < -0.3 is 5.11 Å². The molecule has 1 atom stereocenters. The van der Waals surface area contributed by atoms with Crippen molar-refractivity contribution in [1.82, 2.24) is 0 Å². The summed E-state index contributed by atoms with van der Waals surface area (Å²) in [6.45, 7) is 0. The molecule has 0 saturated heterocycles. The highest BCUT2D eigenvalue weighted by Crippen LogP contribution is 2.36. The molecular weight excluding hydrogens is 241 g/mol. The quantitative estimate of drug-likeness (QED) is 0.862. The van der Waals surface area contributed by atoms with Crippen LogP contribution in [0.15, 0.2) is 54.6 Å². The molecule has 2 aromatic rings. The molecule has 0 aliphatic heterocycles. The van der Waals surface area contributed by atoms with E-state index in [1.165, 1.54) is 18.2 Å². The van der Waals surface area contributed by atoms with Crippen LogP contribution in [0.25, 0.3) is 0 Å². The molecule has 0 saturated carbocycles. The topological polar surface area (TPSA) is 20.2 Å². The summed E-state index contributed by atoms with van der Waals surface area (Å²) in [6, 6.07) is 13.3. The zero-order valence-corrected chi connectivity index (χ0v) is 9.35. The second-order valence-electron chi connectivity index (χ2n) is 3.90. The maximum absolute atomic E-state index is 12.8. The smallest absolute Gasteiger partial charge is 0.384 e.